The van der Waals surface area contributed by atoms with Gasteiger partial charge in [-0.05, 0) is 44.5 Å². The minimum atomic E-state index is 0.133. The van der Waals surface area contributed by atoms with Crippen LogP contribution in [0.1, 0.15) is 25.0 Å². The Kier molecular flexibility index (Phi) is 5.95. The van der Waals surface area contributed by atoms with E-state index in [-0.39, 0.29) is 5.91 Å². The molecule has 0 bridgehead atoms. The second kappa shape index (κ2) is 7.24. The van der Waals surface area contributed by atoms with Gasteiger partial charge in [0, 0.05) is 31.4 Å². The van der Waals surface area contributed by atoms with Crippen molar-refractivity contribution in [2.24, 2.45) is 5.73 Å². The van der Waals surface area contributed by atoms with Gasteiger partial charge in [-0.2, -0.15) is 0 Å². The number of hydrogen-bond donors (Lipinski definition) is 1. The fourth-order valence-corrected chi connectivity index (χ4v) is 2.36. The third-order valence-corrected chi connectivity index (χ3v) is 3.62. The standard InChI is InChI=1S/C15H23N3OS/c1-5-18(6-2)14(19)10-17(4)12-7-8-13(15(16)20)11(3)9-12/h7-9H,5-6,10H2,1-4H3,(H2,16,20). The zero-order valence-corrected chi connectivity index (χ0v) is 13.5. The molecule has 1 rings (SSSR count). The summed E-state index contributed by atoms with van der Waals surface area (Å²) in [5.41, 5.74) is 8.55. The first kappa shape index (κ1) is 16.4. The van der Waals surface area contributed by atoms with E-state index in [0.29, 0.717) is 11.5 Å². The Morgan fingerprint density at radius 1 is 1.30 bits per heavy atom. The molecular formula is C15H23N3OS. The highest BCUT2D eigenvalue weighted by molar-refractivity contribution is 7.80. The van der Waals surface area contributed by atoms with Gasteiger partial charge in [0.05, 0.1) is 6.54 Å². The number of likely N-dealkylation sites (N-methyl/N-ethyl adjacent to an activating group) is 2. The second-order valence-electron chi connectivity index (χ2n) is 4.79. The van der Waals surface area contributed by atoms with Gasteiger partial charge in [0.2, 0.25) is 5.91 Å². The summed E-state index contributed by atoms with van der Waals surface area (Å²) in [6.45, 7) is 7.79. The smallest absolute Gasteiger partial charge is 0.242 e. The van der Waals surface area contributed by atoms with Crippen LogP contribution in [-0.2, 0) is 4.79 Å². The average molecular weight is 293 g/mol. The first-order chi connectivity index (χ1) is 9.40. The van der Waals surface area contributed by atoms with Crippen LogP contribution in [0.25, 0.3) is 0 Å². The number of benzene rings is 1. The van der Waals surface area contributed by atoms with Crippen LogP contribution < -0.4 is 10.6 Å². The summed E-state index contributed by atoms with van der Waals surface area (Å²) < 4.78 is 0. The lowest BCUT2D eigenvalue weighted by Crippen LogP contribution is -2.38. The molecule has 0 atom stereocenters. The van der Waals surface area contributed by atoms with Crippen LogP contribution in [0, 0.1) is 6.92 Å². The van der Waals surface area contributed by atoms with Gasteiger partial charge in [-0.15, -0.1) is 0 Å². The lowest BCUT2D eigenvalue weighted by atomic mass is 10.1. The van der Waals surface area contributed by atoms with E-state index in [0.717, 1.165) is 29.9 Å². The molecule has 110 valence electrons. The molecule has 0 aliphatic heterocycles. The molecule has 1 aromatic carbocycles. The van der Waals surface area contributed by atoms with Crippen LogP contribution in [0.3, 0.4) is 0 Å². The molecule has 4 nitrogen and oxygen atoms in total. The number of anilines is 1. The zero-order valence-electron chi connectivity index (χ0n) is 12.6. The molecule has 20 heavy (non-hydrogen) atoms. The molecule has 0 unspecified atom stereocenters. The molecule has 1 amide bonds. The molecule has 0 saturated carbocycles. The molecule has 5 heteroatoms. The maximum atomic E-state index is 12.1. The topological polar surface area (TPSA) is 49.6 Å². The van der Waals surface area contributed by atoms with Gasteiger partial charge in [0.1, 0.15) is 4.99 Å². The molecule has 0 aromatic heterocycles. The van der Waals surface area contributed by atoms with Crippen molar-refractivity contribution in [1.82, 2.24) is 4.90 Å². The average Bonchev–Trinajstić information content (AvgIpc) is 2.39. The molecule has 0 heterocycles. The minimum Gasteiger partial charge on any atom is -0.389 e. The van der Waals surface area contributed by atoms with Crippen molar-refractivity contribution in [1.29, 1.82) is 0 Å². The van der Waals surface area contributed by atoms with E-state index in [2.05, 4.69) is 0 Å². The second-order valence-corrected chi connectivity index (χ2v) is 5.23. The van der Waals surface area contributed by atoms with Gasteiger partial charge in [-0.3, -0.25) is 4.79 Å². The number of nitrogens with zero attached hydrogens (tertiary/aromatic N) is 2. The third-order valence-electron chi connectivity index (χ3n) is 3.40. The number of carbonyl (C=O) groups is 1. The van der Waals surface area contributed by atoms with Crippen LogP contribution in [0.2, 0.25) is 0 Å². The minimum absolute atomic E-state index is 0.133. The monoisotopic (exact) mass is 293 g/mol. The summed E-state index contributed by atoms with van der Waals surface area (Å²) in [7, 11) is 1.91. The lowest BCUT2D eigenvalue weighted by Gasteiger charge is -2.25. The summed E-state index contributed by atoms with van der Waals surface area (Å²) in [6.07, 6.45) is 0. The van der Waals surface area contributed by atoms with Crippen molar-refractivity contribution >= 4 is 28.8 Å². The first-order valence-electron chi connectivity index (χ1n) is 6.80. The van der Waals surface area contributed by atoms with Gasteiger partial charge in [0.15, 0.2) is 0 Å². The number of aryl methyl sites for hydroxylation is 1. The lowest BCUT2D eigenvalue weighted by molar-refractivity contribution is -0.129. The van der Waals surface area contributed by atoms with Crippen molar-refractivity contribution in [2.45, 2.75) is 20.8 Å². The van der Waals surface area contributed by atoms with Crippen molar-refractivity contribution in [3.8, 4) is 0 Å². The van der Waals surface area contributed by atoms with E-state index in [1.807, 2.05) is 55.8 Å². The Hall–Kier alpha value is -1.62. The van der Waals surface area contributed by atoms with Gasteiger partial charge >= 0.3 is 0 Å². The highest BCUT2D eigenvalue weighted by atomic mass is 32.1. The molecule has 0 radical (unpaired) electrons. The molecular weight excluding hydrogens is 270 g/mol. The molecule has 0 saturated heterocycles. The van der Waals surface area contributed by atoms with Crippen LogP contribution in [0.4, 0.5) is 5.69 Å². The Labute approximate surface area is 126 Å². The Morgan fingerprint density at radius 3 is 2.35 bits per heavy atom. The van der Waals surface area contributed by atoms with Gasteiger partial charge in [-0.1, -0.05) is 12.2 Å². The SMILES string of the molecule is CCN(CC)C(=O)CN(C)c1ccc(C(N)=S)c(C)c1. The highest BCUT2D eigenvalue weighted by Gasteiger charge is 2.13. The van der Waals surface area contributed by atoms with Gasteiger partial charge < -0.3 is 15.5 Å². The molecule has 0 aliphatic carbocycles. The number of rotatable bonds is 6. The summed E-state index contributed by atoms with van der Waals surface area (Å²) in [4.78, 5) is 16.3. The van der Waals surface area contributed by atoms with Crippen molar-refractivity contribution < 1.29 is 4.79 Å². The maximum Gasteiger partial charge on any atom is 0.242 e. The predicted molar refractivity (Wildman–Crippen MR) is 88.3 cm³/mol. The Morgan fingerprint density at radius 2 is 1.90 bits per heavy atom. The zero-order chi connectivity index (χ0) is 15.3. The molecule has 1 aromatic rings. The fraction of sp³-hybridized carbons (Fsp3) is 0.467. The molecule has 2 N–H and O–H groups in total. The number of hydrogen-bond acceptors (Lipinski definition) is 3. The largest absolute Gasteiger partial charge is 0.389 e. The summed E-state index contributed by atoms with van der Waals surface area (Å²) in [5.74, 6) is 0.133. The van der Waals surface area contributed by atoms with Gasteiger partial charge in [0.25, 0.3) is 0 Å². The quantitative estimate of drug-likeness (QED) is 0.814. The normalized spacial score (nSPS) is 10.2. The molecule has 0 spiro atoms. The van der Waals surface area contributed by atoms with Crippen LogP contribution in [-0.4, -0.2) is 42.5 Å². The van der Waals surface area contributed by atoms with Crippen molar-refractivity contribution in [3.63, 3.8) is 0 Å². The first-order valence-corrected chi connectivity index (χ1v) is 7.20. The fourth-order valence-electron chi connectivity index (χ4n) is 2.13. The van der Waals surface area contributed by atoms with E-state index >= 15 is 0 Å². The van der Waals surface area contributed by atoms with E-state index in [1.165, 1.54) is 0 Å². The van der Waals surface area contributed by atoms with E-state index in [9.17, 15) is 4.79 Å². The number of nitrogens with two attached hydrogens (primary N) is 1. The summed E-state index contributed by atoms with van der Waals surface area (Å²) in [5, 5.41) is 0. The maximum absolute atomic E-state index is 12.1. The molecule has 0 aliphatic rings. The Balaban J connectivity index is 2.83. The van der Waals surface area contributed by atoms with Crippen LogP contribution in [0.15, 0.2) is 18.2 Å². The number of carbonyl (C=O) groups excluding carboxylic acids is 1. The van der Waals surface area contributed by atoms with Crippen molar-refractivity contribution in [2.75, 3.05) is 31.6 Å². The molecule has 0 fully saturated rings. The van der Waals surface area contributed by atoms with E-state index in [1.54, 1.807) is 0 Å². The van der Waals surface area contributed by atoms with Gasteiger partial charge in [-0.25, -0.2) is 0 Å². The third kappa shape index (κ3) is 3.93. The summed E-state index contributed by atoms with van der Waals surface area (Å²) in [6, 6.07) is 5.85. The number of thiocarbonyl (C=S) groups is 1. The Bertz CT molecular complexity index is 498. The van der Waals surface area contributed by atoms with Crippen LogP contribution in [0.5, 0.6) is 0 Å². The van der Waals surface area contributed by atoms with E-state index < -0.39 is 0 Å². The highest BCUT2D eigenvalue weighted by Crippen LogP contribution is 2.18. The summed E-state index contributed by atoms with van der Waals surface area (Å²) >= 11 is 5.00. The van der Waals surface area contributed by atoms with E-state index in [4.69, 9.17) is 18.0 Å². The van der Waals surface area contributed by atoms with Crippen LogP contribution >= 0.6 is 12.2 Å². The van der Waals surface area contributed by atoms with Crippen molar-refractivity contribution in [3.05, 3.63) is 29.3 Å². The number of amides is 1. The predicted octanol–water partition coefficient (Wildman–Crippen LogP) is 1.93.